The van der Waals surface area contributed by atoms with E-state index in [0.29, 0.717) is 10.9 Å². The van der Waals surface area contributed by atoms with Crippen molar-refractivity contribution < 1.29 is 28.3 Å². The number of hydrogen-bond acceptors (Lipinski definition) is 6. The molecule has 21 heavy (non-hydrogen) atoms. The summed E-state index contributed by atoms with van der Waals surface area (Å²) in [5, 5.41) is 24.6. The third-order valence-electron chi connectivity index (χ3n) is 2.42. The number of H-pyrrole nitrogens is 1. The zero-order chi connectivity index (χ0) is 16.0. The van der Waals surface area contributed by atoms with Crippen molar-refractivity contribution in [3.63, 3.8) is 0 Å². The Morgan fingerprint density at radius 2 is 1.71 bits per heavy atom. The van der Waals surface area contributed by atoms with Crippen molar-refractivity contribution in [1.29, 1.82) is 0 Å². The monoisotopic (exact) mass is 317 g/mol. The molecule has 0 fully saturated rings. The van der Waals surface area contributed by atoms with E-state index in [1.54, 1.807) is 24.3 Å². The Bertz CT molecular complexity index is 750. The molecule has 0 aliphatic heterocycles. The van der Waals surface area contributed by atoms with Crippen molar-refractivity contribution in [3.05, 3.63) is 40.7 Å². The van der Waals surface area contributed by atoms with E-state index in [2.05, 4.69) is 4.98 Å². The Balaban J connectivity index is 0.000000315. The molecule has 0 bridgehead atoms. The highest BCUT2D eigenvalue weighted by atomic mass is 32.2. The van der Waals surface area contributed by atoms with E-state index in [-0.39, 0.29) is 13.2 Å². The largest absolute Gasteiger partial charge is 0.394 e. The fraction of sp³-hybridized carbons (Fsp3) is 0.250. The Kier molecular flexibility index (Phi) is 6.00. The minimum Gasteiger partial charge on any atom is -0.394 e. The number of aromatic nitrogens is 1. The summed E-state index contributed by atoms with van der Waals surface area (Å²) >= 11 is 0. The molecule has 9 heteroatoms. The maximum Gasteiger partial charge on any atom is 0.300 e. The zero-order valence-corrected chi connectivity index (χ0v) is 11.6. The number of hydrogen-bond donors (Lipinski definition) is 5. The first-order valence-electron chi connectivity index (χ1n) is 5.79. The van der Waals surface area contributed by atoms with Gasteiger partial charge < -0.3 is 20.3 Å². The second-order valence-corrected chi connectivity index (χ2v) is 5.43. The Labute approximate surface area is 120 Å². The molecule has 0 amide bonds. The van der Waals surface area contributed by atoms with Crippen molar-refractivity contribution in [1.82, 2.24) is 4.98 Å². The van der Waals surface area contributed by atoms with E-state index in [4.69, 9.17) is 19.9 Å². The van der Waals surface area contributed by atoms with E-state index < -0.39 is 26.7 Å². The minimum atomic E-state index is -4.47. The molecule has 0 atom stereocenters. The molecule has 0 aliphatic carbocycles. The summed E-state index contributed by atoms with van der Waals surface area (Å²) in [5.41, 5.74) is -0.300. The molecule has 1 heterocycles. The van der Waals surface area contributed by atoms with Crippen LogP contribution < -0.4 is 5.56 Å². The van der Waals surface area contributed by atoms with Crippen molar-refractivity contribution in [2.75, 3.05) is 13.2 Å². The second kappa shape index (κ2) is 7.29. The molecule has 0 saturated carbocycles. The van der Waals surface area contributed by atoms with Crippen molar-refractivity contribution in [2.24, 2.45) is 0 Å². The van der Waals surface area contributed by atoms with Gasteiger partial charge in [-0.25, -0.2) is 0 Å². The predicted octanol–water partition coefficient (Wildman–Crippen LogP) is -0.893. The lowest BCUT2D eigenvalue weighted by molar-refractivity contribution is 0.0450. The lowest BCUT2D eigenvalue weighted by Crippen LogP contribution is -2.16. The van der Waals surface area contributed by atoms with E-state index in [1.807, 2.05) is 0 Å². The van der Waals surface area contributed by atoms with Gasteiger partial charge in [-0.05, 0) is 17.5 Å². The number of pyridine rings is 1. The summed E-state index contributed by atoms with van der Waals surface area (Å²) < 4.78 is 30.4. The van der Waals surface area contributed by atoms with Gasteiger partial charge in [-0.2, -0.15) is 8.42 Å². The number of para-hydroxylation sites is 1. The number of aliphatic hydroxyl groups excluding tert-OH is 3. The van der Waals surface area contributed by atoms with Crippen LogP contribution in [0, 0.1) is 0 Å². The molecule has 5 N–H and O–H groups in total. The summed E-state index contributed by atoms with van der Waals surface area (Å²) in [6.07, 6.45) is -0.954. The summed E-state index contributed by atoms with van der Waals surface area (Å²) in [4.78, 5) is 13.0. The Hall–Kier alpha value is -1.78. The smallest absolute Gasteiger partial charge is 0.300 e. The van der Waals surface area contributed by atoms with Crippen molar-refractivity contribution in [2.45, 2.75) is 11.0 Å². The maximum atomic E-state index is 11.3. The molecule has 0 spiro atoms. The predicted molar refractivity (Wildman–Crippen MR) is 74.6 cm³/mol. The standard InChI is InChI=1S/C9H7NO4S.C3H8O3/c11-9-8(15(12,13)14)5-6-3-1-2-4-7(6)10-9;4-1-3(6)2-5/h1-5H,(H,10,11)(H,12,13,14);3-6H,1-2H2. The molecule has 0 saturated heterocycles. The van der Waals surface area contributed by atoms with Gasteiger partial charge in [-0.1, -0.05) is 18.2 Å². The number of aromatic amines is 1. The number of aliphatic hydroxyl groups is 3. The summed E-state index contributed by atoms with van der Waals surface area (Å²) in [7, 11) is -4.47. The lowest BCUT2D eigenvalue weighted by Gasteiger charge is -1.99. The second-order valence-electron chi connectivity index (χ2n) is 4.04. The molecule has 0 aliphatic rings. The van der Waals surface area contributed by atoms with Gasteiger partial charge in [-0.3, -0.25) is 9.35 Å². The van der Waals surface area contributed by atoms with Gasteiger partial charge in [0.05, 0.1) is 13.2 Å². The van der Waals surface area contributed by atoms with Crippen molar-refractivity contribution in [3.8, 4) is 0 Å². The first kappa shape index (κ1) is 17.3. The summed E-state index contributed by atoms with van der Waals surface area (Å²) in [6.45, 7) is -0.729. The van der Waals surface area contributed by atoms with Crippen LogP contribution in [-0.4, -0.2) is 52.6 Å². The van der Waals surface area contributed by atoms with E-state index in [1.165, 1.54) is 0 Å². The highest BCUT2D eigenvalue weighted by molar-refractivity contribution is 7.85. The van der Waals surface area contributed by atoms with Gasteiger partial charge in [0.1, 0.15) is 6.10 Å². The number of nitrogens with one attached hydrogen (secondary N) is 1. The van der Waals surface area contributed by atoms with E-state index in [0.717, 1.165) is 6.07 Å². The minimum absolute atomic E-state index is 0.365. The van der Waals surface area contributed by atoms with Crippen LogP contribution in [0.15, 0.2) is 40.0 Å². The third kappa shape index (κ3) is 4.92. The molecule has 116 valence electrons. The average Bonchev–Trinajstić information content (AvgIpc) is 2.45. The Morgan fingerprint density at radius 1 is 1.14 bits per heavy atom. The maximum absolute atomic E-state index is 11.3. The van der Waals surface area contributed by atoms with Crippen LogP contribution in [0.2, 0.25) is 0 Å². The van der Waals surface area contributed by atoms with Gasteiger partial charge in [0.15, 0.2) is 4.90 Å². The fourth-order valence-electron chi connectivity index (χ4n) is 1.38. The molecule has 0 unspecified atom stereocenters. The molecule has 0 radical (unpaired) electrons. The molecule has 1 aromatic heterocycles. The third-order valence-corrected chi connectivity index (χ3v) is 3.28. The van der Waals surface area contributed by atoms with Crippen molar-refractivity contribution >= 4 is 21.0 Å². The number of rotatable bonds is 3. The van der Waals surface area contributed by atoms with E-state index >= 15 is 0 Å². The normalized spacial score (nSPS) is 11.3. The molecule has 2 rings (SSSR count). The fourth-order valence-corrected chi connectivity index (χ4v) is 1.94. The van der Waals surface area contributed by atoms with Gasteiger partial charge >= 0.3 is 0 Å². The number of benzene rings is 1. The van der Waals surface area contributed by atoms with Crippen LogP contribution in [0.5, 0.6) is 0 Å². The average molecular weight is 317 g/mol. The quantitative estimate of drug-likeness (QED) is 0.461. The van der Waals surface area contributed by atoms with Gasteiger partial charge in [0, 0.05) is 5.52 Å². The topological polar surface area (TPSA) is 148 Å². The Morgan fingerprint density at radius 3 is 2.19 bits per heavy atom. The van der Waals surface area contributed by atoms with Gasteiger partial charge in [-0.15, -0.1) is 0 Å². The first-order valence-corrected chi connectivity index (χ1v) is 7.23. The summed E-state index contributed by atoms with van der Waals surface area (Å²) in [6, 6.07) is 7.84. The number of fused-ring (bicyclic) bond motifs is 1. The summed E-state index contributed by atoms with van der Waals surface area (Å²) in [5.74, 6) is 0. The first-order chi connectivity index (χ1) is 9.79. The SMILES string of the molecule is O=c1[nH]c2ccccc2cc1S(=O)(=O)O.OCC(O)CO. The van der Waals surface area contributed by atoms with Gasteiger partial charge in [0.2, 0.25) is 0 Å². The van der Waals surface area contributed by atoms with E-state index in [9.17, 15) is 13.2 Å². The molecule has 8 nitrogen and oxygen atoms in total. The van der Waals surface area contributed by atoms with Crippen LogP contribution in [0.25, 0.3) is 10.9 Å². The molecular formula is C12H15NO7S. The zero-order valence-electron chi connectivity index (χ0n) is 10.8. The molecule has 2 aromatic rings. The lowest BCUT2D eigenvalue weighted by atomic mass is 10.2. The van der Waals surface area contributed by atoms with Crippen LogP contribution in [0.3, 0.4) is 0 Å². The van der Waals surface area contributed by atoms with Crippen LogP contribution in [0.4, 0.5) is 0 Å². The van der Waals surface area contributed by atoms with Crippen LogP contribution in [0.1, 0.15) is 0 Å². The highest BCUT2D eigenvalue weighted by Gasteiger charge is 2.15. The highest BCUT2D eigenvalue weighted by Crippen LogP contribution is 2.12. The molecule has 1 aromatic carbocycles. The van der Waals surface area contributed by atoms with Crippen LogP contribution >= 0.6 is 0 Å². The van der Waals surface area contributed by atoms with Gasteiger partial charge in [0.25, 0.3) is 15.7 Å². The molecular weight excluding hydrogens is 302 g/mol. The van der Waals surface area contributed by atoms with Crippen LogP contribution in [-0.2, 0) is 10.1 Å².